The number of nitrogens with zero attached hydrogens (tertiary/aromatic N) is 1. The number of halogens is 2. The van der Waals surface area contributed by atoms with Crippen molar-refractivity contribution in [1.29, 1.82) is 0 Å². The number of methoxy groups -OCH3 is 1. The molecule has 0 bridgehead atoms. The van der Waals surface area contributed by atoms with Gasteiger partial charge < -0.3 is 4.74 Å². The quantitative estimate of drug-likeness (QED) is 0.310. The topological polar surface area (TPSA) is 113 Å². The summed E-state index contributed by atoms with van der Waals surface area (Å²) in [6.45, 7) is 28.4. The van der Waals surface area contributed by atoms with Crippen LogP contribution in [0.3, 0.4) is 0 Å². The first-order chi connectivity index (χ1) is 8.72. The Hall–Kier alpha value is -1.88. The van der Waals surface area contributed by atoms with E-state index in [1.54, 1.807) is 0 Å². The predicted molar refractivity (Wildman–Crippen MR) is 42.5 cm³/mol. The van der Waals surface area contributed by atoms with Gasteiger partial charge in [-0.25, -0.2) is 4.39 Å². The fraction of sp³-hybridized carbons (Fsp3) is 0.111. The second kappa shape index (κ2) is 98.4. The molecule has 0 saturated carbocycles. The molecule has 0 rings (SSSR count). The molecule has 0 unspecified atom stereocenters. The molecule has 19 heavy (non-hydrogen) atoms. The number of rotatable bonds is 1. The van der Waals surface area contributed by atoms with E-state index in [-0.39, 0.29) is 17.4 Å². The molecule has 0 spiro atoms. The molecule has 0 aromatic rings. The van der Waals surface area contributed by atoms with Crippen molar-refractivity contribution >= 4 is 0 Å². The van der Waals surface area contributed by atoms with E-state index in [0.717, 1.165) is 7.11 Å². The molecule has 10 heteroatoms. The summed E-state index contributed by atoms with van der Waals surface area (Å²) in [5, 5.41) is 0. The van der Waals surface area contributed by atoms with Crippen molar-refractivity contribution < 1.29 is 54.1 Å². The Labute approximate surface area is 118 Å². The van der Waals surface area contributed by atoms with Crippen LogP contribution in [0.25, 0.3) is 4.85 Å². The van der Waals surface area contributed by atoms with Crippen molar-refractivity contribution in [3.8, 4) is 0 Å². The number of hydrogen-bond donors (Lipinski definition) is 0. The average molecular weight is 311 g/mol. The van der Waals surface area contributed by atoms with Crippen molar-refractivity contribution in [2.45, 2.75) is 0 Å². The van der Waals surface area contributed by atoms with Crippen LogP contribution in [0.5, 0.6) is 0 Å². The van der Waals surface area contributed by atoms with Crippen molar-refractivity contribution in [3.63, 3.8) is 0 Å². The van der Waals surface area contributed by atoms with E-state index in [1.807, 2.05) is 0 Å². The summed E-state index contributed by atoms with van der Waals surface area (Å²) in [5.41, 5.74) is 0. The Bertz CT molecular complexity index is 291. The summed E-state index contributed by atoms with van der Waals surface area (Å²) in [6, 6.07) is -1.47. The fourth-order valence-corrected chi connectivity index (χ4v) is 0.128. The van der Waals surface area contributed by atoms with Crippen LogP contribution in [0.4, 0.5) is 8.78 Å². The van der Waals surface area contributed by atoms with Gasteiger partial charge in [-0.3, -0.25) is 0 Å². The van der Waals surface area contributed by atoms with Crippen LogP contribution in [0.1, 0.15) is 0 Å². The summed E-state index contributed by atoms with van der Waals surface area (Å²) in [4.78, 5) is 2.12. The first-order valence-electron chi connectivity index (χ1n) is 2.71. The molecule has 100 valence electrons. The zero-order valence-corrected chi connectivity index (χ0v) is 10.3. The van der Waals surface area contributed by atoms with Crippen LogP contribution in [-0.2, 0) is 45.4 Å². The third-order valence-electron chi connectivity index (χ3n) is 0.440. The first kappa shape index (κ1) is 43.4. The average Bonchev–Trinajstić information content (AvgIpc) is 2.55. The van der Waals surface area contributed by atoms with E-state index >= 15 is 0 Å². The molecule has 0 amide bonds. The van der Waals surface area contributed by atoms with Crippen LogP contribution >= 0.6 is 0 Å². The van der Waals surface area contributed by atoms with Crippen LogP contribution in [0, 0.1) is 39.8 Å². The normalized spacial score (nSPS) is 5.47. The Morgan fingerprint density at radius 3 is 1.11 bits per heavy atom. The molecule has 0 aliphatic heterocycles. The monoisotopic (exact) mass is 311 g/mol. The summed E-state index contributed by atoms with van der Waals surface area (Å²) in [6.07, 6.45) is 0. The smallest absolute Gasteiger partial charge is 0 e. The minimum Gasteiger partial charge on any atom is 0 e. The molecule has 0 fully saturated rings. The van der Waals surface area contributed by atoms with Gasteiger partial charge in [-0.15, -0.1) is 0 Å². The first-order valence-corrected chi connectivity index (χ1v) is 2.71. The minimum absolute atomic E-state index is 0. The van der Waals surface area contributed by atoms with Gasteiger partial charge in [0, 0.05) is 17.4 Å². The summed E-state index contributed by atoms with van der Waals surface area (Å²) < 4.78 is 64.4. The maximum absolute atomic E-state index is 11.6. The minimum atomic E-state index is -1.55. The summed E-state index contributed by atoms with van der Waals surface area (Å²) >= 11 is 0. The second-order valence-corrected chi connectivity index (χ2v) is 0.880. The molecule has 0 atom stereocenters. The third-order valence-corrected chi connectivity index (χ3v) is 0.440. The SMILES string of the molecule is [C-]#[N+]/C(F)=C(/F)OC.[C-]#[O+].[C-]#[O+].[C-]#[O+].[C-]#[O+].[C-]#[O+].[Cr]. The van der Waals surface area contributed by atoms with E-state index in [1.165, 1.54) is 0 Å². The maximum atomic E-state index is 11.6. The molecule has 0 aromatic carbocycles. The molecule has 0 aliphatic rings. The molecular weight excluding hydrogens is 308 g/mol. The zero-order valence-electron chi connectivity index (χ0n) is 9.06. The van der Waals surface area contributed by atoms with Gasteiger partial charge >= 0.3 is 68.5 Å². The third kappa shape index (κ3) is 85.8. The van der Waals surface area contributed by atoms with Gasteiger partial charge in [0.15, 0.2) is 0 Å². The summed E-state index contributed by atoms with van der Waals surface area (Å²) in [5.74, 6) is -1.55. The van der Waals surface area contributed by atoms with Crippen molar-refractivity contribution in [2.24, 2.45) is 0 Å². The Kier molecular flexibility index (Phi) is 225. The van der Waals surface area contributed by atoms with E-state index in [0.29, 0.717) is 0 Å². The zero-order chi connectivity index (χ0) is 16.6. The molecule has 0 N–H and O–H groups in total. The van der Waals surface area contributed by atoms with Gasteiger partial charge in [0.05, 0.1) is 13.7 Å². The number of ether oxygens (including phenoxy) is 1. The van der Waals surface area contributed by atoms with E-state index in [2.05, 4.69) is 42.8 Å². The van der Waals surface area contributed by atoms with Crippen LogP contribution < -0.4 is 0 Å². The fourth-order valence-electron chi connectivity index (χ4n) is 0.128. The Balaban J connectivity index is -0.0000000223. The molecule has 7 nitrogen and oxygen atoms in total. The van der Waals surface area contributed by atoms with Gasteiger partial charge in [-0.05, 0) is 0 Å². The molecule has 0 saturated heterocycles. The van der Waals surface area contributed by atoms with Gasteiger partial charge in [0.2, 0.25) is 0 Å². The van der Waals surface area contributed by atoms with Crippen LogP contribution in [0.2, 0.25) is 0 Å². The standard InChI is InChI=1S/C4H3F2NO.5CO.Cr/c1-7-3(5)4(6)8-2;5*1-2;/h2H3;;;;;;/b4-3-;;;;;;. The van der Waals surface area contributed by atoms with Gasteiger partial charge in [0.1, 0.15) is 0 Å². The predicted octanol–water partition coefficient (Wildman–Crippen LogP) is 1.43. The van der Waals surface area contributed by atoms with Gasteiger partial charge in [-0.1, -0.05) is 0 Å². The molecular formula is C9H3CrF2NO6. The summed E-state index contributed by atoms with van der Waals surface area (Å²) in [7, 11) is 0.945. The van der Waals surface area contributed by atoms with Crippen LogP contribution in [0.15, 0.2) is 12.0 Å². The van der Waals surface area contributed by atoms with E-state index in [4.69, 9.17) is 29.8 Å². The molecule has 0 radical (unpaired) electrons. The van der Waals surface area contributed by atoms with Gasteiger partial charge in [-0.2, -0.15) is 9.24 Å². The van der Waals surface area contributed by atoms with Crippen molar-refractivity contribution in [3.05, 3.63) is 56.6 Å². The van der Waals surface area contributed by atoms with Crippen molar-refractivity contribution in [1.82, 2.24) is 0 Å². The molecule has 0 heterocycles. The van der Waals surface area contributed by atoms with Crippen molar-refractivity contribution in [2.75, 3.05) is 7.11 Å². The second-order valence-electron chi connectivity index (χ2n) is 0.880. The molecule has 0 aliphatic carbocycles. The van der Waals surface area contributed by atoms with E-state index < -0.39 is 12.0 Å². The van der Waals surface area contributed by atoms with Gasteiger partial charge in [0.25, 0.3) is 0 Å². The molecule has 0 aromatic heterocycles. The maximum Gasteiger partial charge on any atom is 0 e. The Morgan fingerprint density at radius 2 is 1.05 bits per heavy atom. The largest absolute Gasteiger partial charge is 0 e. The number of hydrogen-bond acceptors (Lipinski definition) is 1. The Morgan fingerprint density at radius 1 is 0.842 bits per heavy atom. The van der Waals surface area contributed by atoms with Crippen LogP contribution in [-0.4, -0.2) is 7.11 Å². The van der Waals surface area contributed by atoms with E-state index in [9.17, 15) is 8.78 Å².